The fraction of sp³-hybridized carbons (Fsp3) is 0.0952. The number of aliphatic hydroxyl groups is 2. The summed E-state index contributed by atoms with van der Waals surface area (Å²) in [6.07, 6.45) is 2.79. The molecule has 0 spiro atoms. The number of aliphatic carboxylic acids is 2. The molecule has 4 N–H and O–H groups in total. The Hall–Kier alpha value is -4.15. The van der Waals surface area contributed by atoms with E-state index < -0.39 is 24.1 Å². The Balaban J connectivity index is 0.000000233. The summed E-state index contributed by atoms with van der Waals surface area (Å²) in [6.45, 7) is 0. The zero-order valence-electron chi connectivity index (χ0n) is 16.0. The van der Waals surface area contributed by atoms with Crippen molar-refractivity contribution in [2.45, 2.75) is 12.2 Å². The average Bonchev–Trinajstić information content (AvgIpc) is 3.33. The highest BCUT2D eigenvalue weighted by molar-refractivity contribution is 5.83. The van der Waals surface area contributed by atoms with Gasteiger partial charge >= 0.3 is 11.9 Å². The smallest absolute Gasteiger partial charge is 0.335 e. The topological polar surface area (TPSA) is 159 Å². The SMILES string of the molecule is O=C(O)C(O)C(O)C(=O)O.c1ccc(-c2ncc3cc(-n4ccnc4)ccc3n2)cc1. The fourth-order valence-corrected chi connectivity index (χ4v) is 2.59. The summed E-state index contributed by atoms with van der Waals surface area (Å²) in [5.41, 5.74) is 3.02. The molecule has 0 amide bonds. The first kappa shape index (κ1) is 21.6. The summed E-state index contributed by atoms with van der Waals surface area (Å²) < 4.78 is 1.96. The van der Waals surface area contributed by atoms with Crippen LogP contribution in [-0.2, 0) is 9.59 Å². The van der Waals surface area contributed by atoms with Crippen molar-refractivity contribution in [1.82, 2.24) is 19.5 Å². The van der Waals surface area contributed by atoms with Gasteiger partial charge in [-0.1, -0.05) is 30.3 Å². The zero-order chi connectivity index (χ0) is 22.4. The summed E-state index contributed by atoms with van der Waals surface area (Å²) in [5, 5.41) is 33.5. The number of hydrogen-bond acceptors (Lipinski definition) is 7. The van der Waals surface area contributed by atoms with Crippen molar-refractivity contribution in [3.63, 3.8) is 0 Å². The Labute approximate surface area is 175 Å². The molecule has 0 saturated carbocycles. The summed E-state index contributed by atoms with van der Waals surface area (Å²) >= 11 is 0. The van der Waals surface area contributed by atoms with Crippen LogP contribution in [0.15, 0.2) is 73.4 Å². The molecule has 10 nitrogen and oxygen atoms in total. The van der Waals surface area contributed by atoms with Gasteiger partial charge in [0.2, 0.25) is 0 Å². The highest BCUT2D eigenvalue weighted by Crippen LogP contribution is 2.20. The van der Waals surface area contributed by atoms with E-state index >= 15 is 0 Å². The van der Waals surface area contributed by atoms with E-state index in [1.165, 1.54) is 0 Å². The number of benzene rings is 2. The van der Waals surface area contributed by atoms with Gasteiger partial charge in [-0.05, 0) is 18.2 Å². The third-order valence-electron chi connectivity index (χ3n) is 4.20. The van der Waals surface area contributed by atoms with E-state index in [0.29, 0.717) is 0 Å². The minimum atomic E-state index is -2.27. The molecule has 0 saturated heterocycles. The van der Waals surface area contributed by atoms with E-state index in [2.05, 4.69) is 21.0 Å². The maximum atomic E-state index is 9.77. The lowest BCUT2D eigenvalue weighted by Crippen LogP contribution is -2.39. The molecule has 0 aliphatic rings. The van der Waals surface area contributed by atoms with E-state index in [1.54, 1.807) is 12.5 Å². The number of carboxylic acids is 2. The van der Waals surface area contributed by atoms with Crippen LogP contribution in [0.2, 0.25) is 0 Å². The van der Waals surface area contributed by atoms with Gasteiger partial charge in [0.15, 0.2) is 18.0 Å². The highest BCUT2D eigenvalue weighted by Gasteiger charge is 2.29. The number of fused-ring (bicyclic) bond motifs is 1. The molecule has 158 valence electrons. The van der Waals surface area contributed by atoms with Crippen LogP contribution in [0.5, 0.6) is 0 Å². The van der Waals surface area contributed by atoms with Gasteiger partial charge in [0.25, 0.3) is 0 Å². The van der Waals surface area contributed by atoms with Gasteiger partial charge in [-0.25, -0.2) is 24.5 Å². The molecule has 31 heavy (non-hydrogen) atoms. The second kappa shape index (κ2) is 9.57. The summed E-state index contributed by atoms with van der Waals surface area (Å²) in [7, 11) is 0. The van der Waals surface area contributed by atoms with E-state index in [-0.39, 0.29) is 0 Å². The minimum Gasteiger partial charge on any atom is -0.479 e. The van der Waals surface area contributed by atoms with Gasteiger partial charge in [0.1, 0.15) is 0 Å². The van der Waals surface area contributed by atoms with Crippen LogP contribution in [0, 0.1) is 0 Å². The summed E-state index contributed by atoms with van der Waals surface area (Å²) in [5.74, 6) is -2.79. The van der Waals surface area contributed by atoms with Crippen LogP contribution >= 0.6 is 0 Å². The molecular weight excluding hydrogens is 404 g/mol. The van der Waals surface area contributed by atoms with E-state index in [4.69, 9.17) is 20.4 Å². The van der Waals surface area contributed by atoms with Crippen molar-refractivity contribution in [2.24, 2.45) is 0 Å². The lowest BCUT2D eigenvalue weighted by Gasteiger charge is -2.07. The molecule has 4 rings (SSSR count). The largest absolute Gasteiger partial charge is 0.479 e. The average molecular weight is 422 g/mol. The van der Waals surface area contributed by atoms with Crippen LogP contribution in [0.4, 0.5) is 0 Å². The number of carboxylic acid groups (broad SMARTS) is 2. The number of aromatic nitrogens is 4. The Bertz CT molecular complexity index is 1160. The Morgan fingerprint density at radius 1 is 0.935 bits per heavy atom. The van der Waals surface area contributed by atoms with Crippen molar-refractivity contribution in [2.75, 3.05) is 0 Å². The third-order valence-corrected chi connectivity index (χ3v) is 4.20. The van der Waals surface area contributed by atoms with Gasteiger partial charge in [-0.15, -0.1) is 0 Å². The van der Waals surface area contributed by atoms with E-state index in [0.717, 1.165) is 28.0 Å². The number of imidazole rings is 1. The molecule has 0 aliphatic carbocycles. The molecule has 0 radical (unpaired) electrons. The van der Waals surface area contributed by atoms with Crippen LogP contribution in [0.3, 0.4) is 0 Å². The van der Waals surface area contributed by atoms with Gasteiger partial charge in [-0.3, -0.25) is 0 Å². The predicted octanol–water partition coefficient (Wildman–Crippen LogP) is 1.36. The second-order valence-electron chi connectivity index (χ2n) is 6.34. The standard InChI is InChI=1S/C17H12N4.C4H6O6/c1-2-4-13(5-3-1)17-19-11-14-10-15(6-7-16(14)20-17)21-9-8-18-12-21;5-1(3(7)8)2(6)4(9)10/h1-12H;1-2,5-6H,(H,7,8)(H,9,10). The molecule has 2 unspecified atom stereocenters. The van der Waals surface area contributed by atoms with Crippen LogP contribution in [0.25, 0.3) is 28.0 Å². The quantitative estimate of drug-likeness (QED) is 0.372. The van der Waals surface area contributed by atoms with Crippen molar-refractivity contribution >= 4 is 22.8 Å². The van der Waals surface area contributed by atoms with Gasteiger partial charge < -0.3 is 25.0 Å². The van der Waals surface area contributed by atoms with Crippen molar-refractivity contribution in [3.8, 4) is 17.1 Å². The molecule has 4 aromatic rings. The second-order valence-corrected chi connectivity index (χ2v) is 6.34. The van der Waals surface area contributed by atoms with Crippen molar-refractivity contribution < 1.29 is 30.0 Å². The highest BCUT2D eigenvalue weighted by atomic mass is 16.4. The first-order valence-corrected chi connectivity index (χ1v) is 8.99. The third kappa shape index (κ3) is 5.26. The van der Waals surface area contributed by atoms with Crippen molar-refractivity contribution in [1.29, 1.82) is 0 Å². The number of aliphatic hydroxyl groups excluding tert-OH is 2. The maximum absolute atomic E-state index is 9.77. The first-order chi connectivity index (χ1) is 14.9. The van der Waals surface area contributed by atoms with Gasteiger partial charge in [-0.2, -0.15) is 0 Å². The molecule has 2 atom stereocenters. The predicted molar refractivity (Wildman–Crippen MR) is 109 cm³/mol. The lowest BCUT2D eigenvalue weighted by molar-refractivity contribution is -0.165. The molecule has 0 aliphatic heterocycles. The Morgan fingerprint density at radius 2 is 1.61 bits per heavy atom. The first-order valence-electron chi connectivity index (χ1n) is 8.99. The molecule has 0 fully saturated rings. The number of nitrogens with zero attached hydrogens (tertiary/aromatic N) is 4. The van der Waals surface area contributed by atoms with Crippen LogP contribution in [0.1, 0.15) is 0 Å². The molecule has 2 aromatic carbocycles. The maximum Gasteiger partial charge on any atom is 0.335 e. The number of carbonyl (C=O) groups is 2. The lowest BCUT2D eigenvalue weighted by atomic mass is 10.2. The van der Waals surface area contributed by atoms with Gasteiger partial charge in [0, 0.05) is 35.2 Å². The normalized spacial score (nSPS) is 12.5. The Kier molecular flexibility index (Phi) is 6.65. The van der Waals surface area contributed by atoms with Crippen molar-refractivity contribution in [3.05, 3.63) is 73.4 Å². The fourth-order valence-electron chi connectivity index (χ4n) is 2.59. The molecule has 0 bridgehead atoms. The monoisotopic (exact) mass is 422 g/mol. The molecule has 2 heterocycles. The summed E-state index contributed by atoms with van der Waals surface area (Å²) in [6, 6.07) is 16.1. The van der Waals surface area contributed by atoms with Gasteiger partial charge in [0.05, 0.1) is 11.8 Å². The number of rotatable bonds is 5. The number of hydrogen-bond donors (Lipinski definition) is 4. The zero-order valence-corrected chi connectivity index (χ0v) is 16.0. The van der Waals surface area contributed by atoms with Crippen LogP contribution in [-0.4, -0.2) is 64.1 Å². The Morgan fingerprint density at radius 3 is 2.19 bits per heavy atom. The summed E-state index contributed by atoms with van der Waals surface area (Å²) in [4.78, 5) is 32.7. The molecular formula is C21H18N4O6. The van der Waals surface area contributed by atoms with E-state index in [9.17, 15) is 9.59 Å². The van der Waals surface area contributed by atoms with E-state index in [1.807, 2.05) is 59.4 Å². The molecule has 2 aromatic heterocycles. The van der Waals surface area contributed by atoms with Crippen LogP contribution < -0.4 is 0 Å². The minimum absolute atomic E-state index is 0.749. The molecule has 10 heteroatoms.